The lowest BCUT2D eigenvalue weighted by Gasteiger charge is -2.16. The average molecular weight is 487 g/mol. The number of nitrogens with one attached hydrogen (secondary N) is 1. The van der Waals surface area contributed by atoms with E-state index in [1.54, 1.807) is 0 Å². The number of rotatable bonds is 5. The van der Waals surface area contributed by atoms with Crippen LogP contribution in [0, 0.1) is 0 Å². The second kappa shape index (κ2) is 9.29. The first kappa shape index (κ1) is 23.1. The molecule has 2 amide bonds. The van der Waals surface area contributed by atoms with Crippen molar-refractivity contribution in [2.24, 2.45) is 0 Å². The van der Waals surface area contributed by atoms with Gasteiger partial charge in [0.15, 0.2) is 0 Å². The first-order valence-corrected chi connectivity index (χ1v) is 10.4. The largest absolute Gasteiger partial charge is 0.507 e. The van der Waals surface area contributed by atoms with E-state index in [0.29, 0.717) is 10.6 Å². The van der Waals surface area contributed by atoms with Gasteiger partial charge in [0.1, 0.15) is 10.1 Å². The maximum atomic E-state index is 13.1. The van der Waals surface area contributed by atoms with Crippen LogP contribution in [0.1, 0.15) is 17.5 Å². The molecule has 3 rings (SSSR count). The summed E-state index contributed by atoms with van der Waals surface area (Å²) in [6.07, 6.45) is -3.44. The van der Waals surface area contributed by atoms with Crippen molar-refractivity contribution >= 4 is 63.5 Å². The molecule has 0 atom stereocenters. The number of halogens is 4. The van der Waals surface area contributed by atoms with Gasteiger partial charge in [-0.3, -0.25) is 14.5 Å². The van der Waals surface area contributed by atoms with Crippen molar-refractivity contribution in [3.05, 3.63) is 63.5 Å². The van der Waals surface area contributed by atoms with E-state index < -0.39 is 23.6 Å². The van der Waals surface area contributed by atoms with Gasteiger partial charge < -0.3 is 10.4 Å². The van der Waals surface area contributed by atoms with E-state index >= 15 is 0 Å². The van der Waals surface area contributed by atoms with Crippen molar-refractivity contribution in [1.29, 1.82) is 0 Å². The van der Waals surface area contributed by atoms with Crippen LogP contribution in [0.2, 0.25) is 5.02 Å². The highest BCUT2D eigenvalue weighted by Gasteiger charge is 2.34. The molecule has 31 heavy (non-hydrogen) atoms. The zero-order valence-corrected chi connectivity index (χ0v) is 18.0. The smallest absolute Gasteiger partial charge is 0.418 e. The van der Waals surface area contributed by atoms with Gasteiger partial charge >= 0.3 is 6.18 Å². The molecule has 162 valence electrons. The number of amides is 2. The molecule has 0 aliphatic carbocycles. The standard InChI is InChI=1S/C20H14ClF3N2O3S2/c21-12-5-6-15(27)11(9-12)10-16-18(29)26(19(30)31-16)8-7-17(28)25-14-4-2-1-3-13(14)20(22,23)24/h1-6,9-10,27H,7-8H2,(H,25,28)/b16-10-. The quantitative estimate of drug-likeness (QED) is 0.443. The zero-order valence-electron chi connectivity index (χ0n) is 15.6. The average Bonchev–Trinajstić information content (AvgIpc) is 2.95. The van der Waals surface area contributed by atoms with E-state index in [-0.39, 0.29) is 33.6 Å². The number of alkyl halides is 3. The Morgan fingerprint density at radius 3 is 2.68 bits per heavy atom. The van der Waals surface area contributed by atoms with Crippen LogP contribution in [0.4, 0.5) is 18.9 Å². The predicted octanol–water partition coefficient (Wildman–Crippen LogP) is 5.29. The molecule has 0 spiro atoms. The summed E-state index contributed by atoms with van der Waals surface area (Å²) in [6.45, 7) is -0.108. The summed E-state index contributed by atoms with van der Waals surface area (Å²) in [4.78, 5) is 26.2. The van der Waals surface area contributed by atoms with Crippen LogP contribution in [-0.2, 0) is 15.8 Å². The molecule has 1 fully saturated rings. The fourth-order valence-electron chi connectivity index (χ4n) is 2.74. The number of thiocarbonyl (C=S) groups is 1. The first-order valence-electron chi connectivity index (χ1n) is 8.76. The van der Waals surface area contributed by atoms with Crippen LogP contribution in [-0.4, -0.2) is 32.7 Å². The molecule has 11 heteroatoms. The summed E-state index contributed by atoms with van der Waals surface area (Å²) in [7, 11) is 0. The van der Waals surface area contributed by atoms with E-state index in [1.165, 1.54) is 41.3 Å². The van der Waals surface area contributed by atoms with Gasteiger partial charge in [-0.2, -0.15) is 13.2 Å². The third-order valence-electron chi connectivity index (χ3n) is 4.22. The summed E-state index contributed by atoms with van der Waals surface area (Å²) in [5.41, 5.74) is -0.991. The minimum Gasteiger partial charge on any atom is -0.507 e. The maximum Gasteiger partial charge on any atom is 0.418 e. The number of nitrogens with zero attached hydrogens (tertiary/aromatic N) is 1. The van der Waals surface area contributed by atoms with Crippen molar-refractivity contribution in [1.82, 2.24) is 4.90 Å². The van der Waals surface area contributed by atoms with Crippen LogP contribution < -0.4 is 5.32 Å². The molecular formula is C20H14ClF3N2O3S2. The topological polar surface area (TPSA) is 69.6 Å². The maximum absolute atomic E-state index is 13.1. The van der Waals surface area contributed by atoms with E-state index in [0.717, 1.165) is 23.9 Å². The zero-order chi connectivity index (χ0) is 22.8. The summed E-state index contributed by atoms with van der Waals surface area (Å²) in [6, 6.07) is 8.99. The van der Waals surface area contributed by atoms with Crippen molar-refractivity contribution in [3.63, 3.8) is 0 Å². The van der Waals surface area contributed by atoms with E-state index in [1.807, 2.05) is 0 Å². The van der Waals surface area contributed by atoms with Crippen molar-refractivity contribution in [2.45, 2.75) is 12.6 Å². The highest BCUT2D eigenvalue weighted by molar-refractivity contribution is 8.26. The lowest BCUT2D eigenvalue weighted by molar-refractivity contribution is -0.137. The Morgan fingerprint density at radius 1 is 1.26 bits per heavy atom. The molecule has 2 aromatic carbocycles. The fourth-order valence-corrected chi connectivity index (χ4v) is 4.22. The van der Waals surface area contributed by atoms with E-state index in [9.17, 15) is 27.9 Å². The van der Waals surface area contributed by atoms with Crippen LogP contribution >= 0.6 is 35.6 Å². The number of anilines is 1. The first-order chi connectivity index (χ1) is 14.6. The number of phenolic OH excluding ortho intramolecular Hbond substituents is 1. The molecular weight excluding hydrogens is 473 g/mol. The number of thioether (sulfide) groups is 1. The Bertz CT molecular complexity index is 1090. The van der Waals surface area contributed by atoms with Crippen molar-refractivity contribution in [3.8, 4) is 5.75 Å². The molecule has 0 bridgehead atoms. The van der Waals surface area contributed by atoms with Crippen LogP contribution in [0.25, 0.3) is 6.08 Å². The van der Waals surface area contributed by atoms with Gasteiger partial charge in [-0.15, -0.1) is 0 Å². The van der Waals surface area contributed by atoms with Crippen LogP contribution in [0.5, 0.6) is 5.75 Å². The Morgan fingerprint density at radius 2 is 1.97 bits per heavy atom. The molecule has 2 aromatic rings. The van der Waals surface area contributed by atoms with Gasteiger partial charge in [0.25, 0.3) is 5.91 Å². The van der Waals surface area contributed by atoms with E-state index in [4.69, 9.17) is 23.8 Å². The number of carbonyl (C=O) groups is 2. The number of aromatic hydroxyl groups is 1. The Hall–Kier alpha value is -2.56. The van der Waals surface area contributed by atoms with Gasteiger partial charge in [-0.1, -0.05) is 47.7 Å². The number of benzene rings is 2. The second-order valence-corrected chi connectivity index (χ2v) is 8.49. The molecule has 2 N–H and O–H groups in total. The molecule has 0 saturated carbocycles. The number of hydrogen-bond acceptors (Lipinski definition) is 5. The molecule has 1 saturated heterocycles. The summed E-state index contributed by atoms with van der Waals surface area (Å²) < 4.78 is 39.4. The Kier molecular flexibility index (Phi) is 6.93. The highest BCUT2D eigenvalue weighted by atomic mass is 35.5. The SMILES string of the molecule is O=C(CCN1C(=O)/C(=C/c2cc(Cl)ccc2O)SC1=S)Nc1ccccc1C(F)(F)F. The molecule has 0 radical (unpaired) electrons. The molecule has 1 aliphatic rings. The van der Waals surface area contributed by atoms with Gasteiger partial charge in [-0.05, 0) is 36.4 Å². The van der Waals surface area contributed by atoms with Crippen molar-refractivity contribution in [2.75, 3.05) is 11.9 Å². The number of phenols is 1. The summed E-state index contributed by atoms with van der Waals surface area (Å²) >= 11 is 12.1. The van der Waals surface area contributed by atoms with Crippen LogP contribution in [0.3, 0.4) is 0 Å². The van der Waals surface area contributed by atoms with Gasteiger partial charge in [-0.25, -0.2) is 0 Å². The highest BCUT2D eigenvalue weighted by Crippen LogP contribution is 2.36. The van der Waals surface area contributed by atoms with Gasteiger partial charge in [0, 0.05) is 23.6 Å². The lowest BCUT2D eigenvalue weighted by Crippen LogP contribution is -2.31. The Labute approximate surface area is 189 Å². The molecule has 1 aliphatic heterocycles. The normalized spacial score (nSPS) is 15.6. The van der Waals surface area contributed by atoms with E-state index in [2.05, 4.69) is 5.32 Å². The summed E-state index contributed by atoms with van der Waals surface area (Å²) in [5, 5.41) is 12.5. The van der Waals surface area contributed by atoms with Crippen molar-refractivity contribution < 1.29 is 27.9 Å². The van der Waals surface area contributed by atoms with Gasteiger partial charge in [0.2, 0.25) is 5.91 Å². The third kappa shape index (κ3) is 5.57. The predicted molar refractivity (Wildman–Crippen MR) is 118 cm³/mol. The number of carbonyl (C=O) groups excluding carboxylic acids is 2. The minimum absolute atomic E-state index is 0.0719. The molecule has 0 aromatic heterocycles. The summed E-state index contributed by atoms with van der Waals surface area (Å²) in [5.74, 6) is -1.24. The molecule has 1 heterocycles. The lowest BCUT2D eigenvalue weighted by atomic mass is 10.1. The molecule has 0 unspecified atom stereocenters. The number of hydrogen-bond donors (Lipinski definition) is 2. The molecule has 5 nitrogen and oxygen atoms in total. The fraction of sp³-hybridized carbons (Fsp3) is 0.150. The monoisotopic (exact) mass is 486 g/mol. The van der Waals surface area contributed by atoms with Crippen LogP contribution in [0.15, 0.2) is 47.4 Å². The Balaban J connectivity index is 1.67. The second-order valence-electron chi connectivity index (χ2n) is 6.38. The number of para-hydroxylation sites is 1. The van der Waals surface area contributed by atoms with Gasteiger partial charge in [0.05, 0.1) is 16.2 Å². The minimum atomic E-state index is -4.61. The third-order valence-corrected chi connectivity index (χ3v) is 5.83.